The Morgan fingerprint density at radius 1 is 0.800 bits per heavy atom. The number of hydrogen-bond donors (Lipinski definition) is 0. The number of hydrogen-bond acceptors (Lipinski definition) is 2. The van der Waals surface area contributed by atoms with Crippen LogP contribution in [0.2, 0.25) is 0 Å². The molecule has 3 nitrogen and oxygen atoms in total. The van der Waals surface area contributed by atoms with Crippen molar-refractivity contribution in [3.05, 3.63) is 78.4 Å². The van der Waals surface area contributed by atoms with Gasteiger partial charge in [-0.2, -0.15) is 0 Å². The van der Waals surface area contributed by atoms with Crippen LogP contribution >= 0.6 is 0 Å². The smallest absolute Gasteiger partial charge is 0.114 e. The molecule has 0 aliphatic rings. The fraction of sp³-hybridized carbons (Fsp3) is 0.182. The number of aryl methyl sites for hydroxylation is 2. The van der Waals surface area contributed by atoms with Gasteiger partial charge in [0.2, 0.25) is 0 Å². The van der Waals surface area contributed by atoms with Crippen molar-refractivity contribution in [2.45, 2.75) is 26.7 Å². The van der Waals surface area contributed by atoms with Gasteiger partial charge in [-0.05, 0) is 59.5 Å². The van der Waals surface area contributed by atoms with E-state index in [4.69, 9.17) is 4.98 Å². The summed E-state index contributed by atoms with van der Waals surface area (Å²) in [6.45, 7) is 4.33. The summed E-state index contributed by atoms with van der Waals surface area (Å²) in [5.74, 6) is 1.09. The summed E-state index contributed by atoms with van der Waals surface area (Å²) in [5, 5.41) is 0. The molecule has 4 aromatic rings. The highest BCUT2D eigenvalue weighted by atomic mass is 15.1. The van der Waals surface area contributed by atoms with Crippen LogP contribution in [-0.2, 0) is 12.8 Å². The first kappa shape index (κ1) is 15.6. The molecule has 2 heterocycles. The molecule has 124 valence electrons. The molecule has 0 atom stereocenters. The lowest BCUT2D eigenvalue weighted by atomic mass is 10.1. The van der Waals surface area contributed by atoms with E-state index in [0.717, 1.165) is 35.3 Å². The summed E-state index contributed by atoms with van der Waals surface area (Å²) in [5.41, 5.74) is 7.05. The Labute approximate surface area is 148 Å². The molecule has 0 spiro atoms. The number of imidazole rings is 1. The van der Waals surface area contributed by atoms with Gasteiger partial charge >= 0.3 is 0 Å². The molecule has 0 aliphatic heterocycles. The number of rotatable bonds is 4. The topological polar surface area (TPSA) is 30.7 Å². The normalized spacial score (nSPS) is 11.1. The van der Waals surface area contributed by atoms with Crippen molar-refractivity contribution in [2.75, 3.05) is 0 Å². The minimum absolute atomic E-state index is 0.898. The van der Waals surface area contributed by atoms with E-state index in [9.17, 15) is 0 Å². The van der Waals surface area contributed by atoms with Crippen molar-refractivity contribution in [1.82, 2.24) is 14.5 Å². The molecule has 0 aliphatic carbocycles. The number of fused-ring (bicyclic) bond motifs is 1. The van der Waals surface area contributed by atoms with E-state index in [2.05, 4.69) is 65.9 Å². The highest BCUT2D eigenvalue weighted by molar-refractivity contribution is 5.84. The predicted molar refractivity (Wildman–Crippen MR) is 103 cm³/mol. The quantitative estimate of drug-likeness (QED) is 0.515. The van der Waals surface area contributed by atoms with E-state index in [1.807, 2.05) is 24.5 Å². The van der Waals surface area contributed by atoms with E-state index in [1.165, 1.54) is 16.8 Å². The van der Waals surface area contributed by atoms with Crippen molar-refractivity contribution in [1.29, 1.82) is 0 Å². The third-order valence-electron chi connectivity index (χ3n) is 4.66. The molecule has 0 N–H and O–H groups in total. The van der Waals surface area contributed by atoms with Crippen LogP contribution in [0.5, 0.6) is 0 Å². The minimum atomic E-state index is 0.898. The van der Waals surface area contributed by atoms with E-state index >= 15 is 0 Å². The molecule has 2 aromatic heterocycles. The lowest BCUT2D eigenvalue weighted by Gasteiger charge is -2.09. The summed E-state index contributed by atoms with van der Waals surface area (Å²) in [7, 11) is 0. The first-order valence-electron chi connectivity index (χ1n) is 8.81. The Hall–Kier alpha value is -2.94. The van der Waals surface area contributed by atoms with Gasteiger partial charge in [0.15, 0.2) is 0 Å². The van der Waals surface area contributed by atoms with Gasteiger partial charge in [-0.25, -0.2) is 4.98 Å². The van der Waals surface area contributed by atoms with Crippen LogP contribution < -0.4 is 0 Å². The first-order valence-corrected chi connectivity index (χ1v) is 8.81. The Kier molecular flexibility index (Phi) is 4.06. The van der Waals surface area contributed by atoms with Crippen LogP contribution in [-0.4, -0.2) is 14.5 Å². The third-order valence-corrected chi connectivity index (χ3v) is 4.66. The van der Waals surface area contributed by atoms with Crippen LogP contribution in [0.1, 0.15) is 25.2 Å². The molecule has 0 amide bonds. The highest BCUT2D eigenvalue weighted by Gasteiger charge is 2.12. The van der Waals surface area contributed by atoms with Gasteiger partial charge in [0.05, 0.1) is 11.0 Å². The number of aromatic nitrogens is 3. The molecule has 0 saturated carbocycles. The standard InChI is InChI=1S/C22H21N3/c1-3-16-5-8-19(9-6-16)25-21-10-7-18(17-11-13-23-14-12-17)15-20(21)24-22(25)4-2/h5-15H,3-4H2,1-2H3. The van der Waals surface area contributed by atoms with Gasteiger partial charge in [0.25, 0.3) is 0 Å². The van der Waals surface area contributed by atoms with Crippen molar-refractivity contribution < 1.29 is 0 Å². The summed E-state index contributed by atoms with van der Waals surface area (Å²) in [4.78, 5) is 8.98. The molecule has 3 heteroatoms. The number of pyridine rings is 1. The molecule has 0 unspecified atom stereocenters. The first-order chi connectivity index (χ1) is 12.3. The molecule has 0 bridgehead atoms. The van der Waals surface area contributed by atoms with Crippen LogP contribution in [0.15, 0.2) is 67.0 Å². The molecule has 25 heavy (non-hydrogen) atoms. The minimum Gasteiger partial charge on any atom is -0.296 e. The highest BCUT2D eigenvalue weighted by Crippen LogP contribution is 2.27. The summed E-state index contributed by atoms with van der Waals surface area (Å²) in [6, 6.07) is 19.3. The lowest BCUT2D eigenvalue weighted by Crippen LogP contribution is -2.00. The molecule has 0 saturated heterocycles. The lowest BCUT2D eigenvalue weighted by molar-refractivity contribution is 0.907. The Bertz CT molecular complexity index is 999. The zero-order valence-electron chi connectivity index (χ0n) is 14.6. The van der Waals surface area contributed by atoms with E-state index in [1.54, 1.807) is 0 Å². The van der Waals surface area contributed by atoms with Gasteiger partial charge in [-0.15, -0.1) is 0 Å². The molecule has 0 radical (unpaired) electrons. The van der Waals surface area contributed by atoms with E-state index < -0.39 is 0 Å². The van der Waals surface area contributed by atoms with E-state index in [0.29, 0.717) is 0 Å². The Morgan fingerprint density at radius 3 is 2.24 bits per heavy atom. The van der Waals surface area contributed by atoms with Gasteiger partial charge in [-0.3, -0.25) is 9.55 Å². The molecule has 4 rings (SSSR count). The zero-order chi connectivity index (χ0) is 17.2. The monoisotopic (exact) mass is 327 g/mol. The Balaban J connectivity index is 1.86. The van der Waals surface area contributed by atoms with Crippen LogP contribution in [0, 0.1) is 0 Å². The fourth-order valence-corrected chi connectivity index (χ4v) is 3.26. The Morgan fingerprint density at radius 2 is 1.56 bits per heavy atom. The maximum atomic E-state index is 4.88. The average Bonchev–Trinajstić information content (AvgIpc) is 3.06. The molecular weight excluding hydrogens is 306 g/mol. The average molecular weight is 327 g/mol. The second kappa shape index (κ2) is 6.52. The van der Waals surface area contributed by atoms with Crippen LogP contribution in [0.3, 0.4) is 0 Å². The SMILES string of the molecule is CCc1ccc(-n2c(CC)nc3cc(-c4ccncc4)ccc32)cc1. The number of benzene rings is 2. The molecule has 0 fully saturated rings. The largest absolute Gasteiger partial charge is 0.296 e. The van der Waals surface area contributed by atoms with Gasteiger partial charge in [-0.1, -0.05) is 32.0 Å². The van der Waals surface area contributed by atoms with Gasteiger partial charge in [0.1, 0.15) is 5.82 Å². The molecular formula is C22H21N3. The third kappa shape index (κ3) is 2.82. The van der Waals surface area contributed by atoms with Crippen molar-refractivity contribution in [3.63, 3.8) is 0 Å². The fourth-order valence-electron chi connectivity index (χ4n) is 3.26. The summed E-state index contributed by atoms with van der Waals surface area (Å²) in [6.07, 6.45) is 5.60. The van der Waals surface area contributed by atoms with E-state index in [-0.39, 0.29) is 0 Å². The second-order valence-electron chi connectivity index (χ2n) is 6.18. The summed E-state index contributed by atoms with van der Waals surface area (Å²) >= 11 is 0. The second-order valence-corrected chi connectivity index (χ2v) is 6.18. The van der Waals surface area contributed by atoms with Crippen molar-refractivity contribution >= 4 is 11.0 Å². The van der Waals surface area contributed by atoms with Crippen LogP contribution in [0.4, 0.5) is 0 Å². The molecule has 2 aromatic carbocycles. The van der Waals surface area contributed by atoms with Crippen LogP contribution in [0.25, 0.3) is 27.8 Å². The van der Waals surface area contributed by atoms with Crippen molar-refractivity contribution in [3.8, 4) is 16.8 Å². The van der Waals surface area contributed by atoms with Crippen molar-refractivity contribution in [2.24, 2.45) is 0 Å². The zero-order valence-corrected chi connectivity index (χ0v) is 14.6. The van der Waals surface area contributed by atoms with Gasteiger partial charge < -0.3 is 0 Å². The summed E-state index contributed by atoms with van der Waals surface area (Å²) < 4.78 is 2.27. The number of nitrogens with zero attached hydrogens (tertiary/aromatic N) is 3. The maximum Gasteiger partial charge on any atom is 0.114 e. The van der Waals surface area contributed by atoms with Gasteiger partial charge in [0, 0.05) is 24.5 Å². The maximum absolute atomic E-state index is 4.88. The predicted octanol–water partition coefficient (Wildman–Crippen LogP) is 5.21.